The highest BCUT2D eigenvalue weighted by Gasteiger charge is 2.09. The van der Waals surface area contributed by atoms with Gasteiger partial charge in [0.25, 0.3) is 5.91 Å². The van der Waals surface area contributed by atoms with Gasteiger partial charge in [0.2, 0.25) is 5.78 Å². The number of nitrogens with zero attached hydrogens (tertiary/aromatic N) is 1. The summed E-state index contributed by atoms with van der Waals surface area (Å²) in [6.45, 7) is 0. The van der Waals surface area contributed by atoms with E-state index in [0.29, 0.717) is 17.1 Å². The van der Waals surface area contributed by atoms with Gasteiger partial charge < -0.3 is 10.3 Å². The molecule has 5 nitrogen and oxygen atoms in total. The molecule has 0 unspecified atom stereocenters. The Balaban J connectivity index is 1.47. The van der Waals surface area contributed by atoms with Gasteiger partial charge >= 0.3 is 0 Å². The molecule has 1 aromatic heterocycles. The second kappa shape index (κ2) is 8.24. The van der Waals surface area contributed by atoms with Gasteiger partial charge in [-0.25, -0.2) is 4.98 Å². The molecule has 0 radical (unpaired) electrons. The molecule has 0 bridgehead atoms. The van der Waals surface area contributed by atoms with Crippen molar-refractivity contribution in [2.45, 2.75) is 0 Å². The minimum absolute atomic E-state index is 0.197. The molecule has 3 aromatic carbocycles. The number of para-hydroxylation sites is 2. The van der Waals surface area contributed by atoms with Crippen molar-refractivity contribution in [1.82, 2.24) is 9.97 Å². The molecule has 1 heterocycles. The summed E-state index contributed by atoms with van der Waals surface area (Å²) in [6, 6.07) is 21.9. The van der Waals surface area contributed by atoms with E-state index in [1.165, 1.54) is 6.08 Å². The number of ketones is 1. The lowest BCUT2D eigenvalue weighted by molar-refractivity contribution is 0.102. The fraction of sp³-hybridized carbons (Fsp3) is 0. The Hall–Kier alpha value is -3.51. The summed E-state index contributed by atoms with van der Waals surface area (Å²) in [7, 11) is 0. The first-order valence-corrected chi connectivity index (χ1v) is 9.72. The number of hydrogen-bond acceptors (Lipinski definition) is 3. The largest absolute Gasteiger partial charge is 0.335 e. The summed E-state index contributed by atoms with van der Waals surface area (Å²) in [5, 5.41) is 2.86. The predicted octanol–water partition coefficient (Wildman–Crippen LogP) is 5.47. The SMILES string of the molecule is O=C(Nc1cccc(/C=C/C(=O)c2nc3ccccc3[nH]2)c1)c1ccc(Br)cc1. The molecule has 2 N–H and O–H groups in total. The van der Waals surface area contributed by atoms with Crippen molar-refractivity contribution in [1.29, 1.82) is 0 Å². The van der Waals surface area contributed by atoms with E-state index in [1.54, 1.807) is 30.3 Å². The molecule has 4 rings (SSSR count). The lowest BCUT2D eigenvalue weighted by Gasteiger charge is -2.06. The number of anilines is 1. The number of halogens is 1. The van der Waals surface area contributed by atoms with Crippen LogP contribution in [0.2, 0.25) is 0 Å². The van der Waals surface area contributed by atoms with E-state index >= 15 is 0 Å². The van der Waals surface area contributed by atoms with Crippen LogP contribution in [0.4, 0.5) is 5.69 Å². The van der Waals surface area contributed by atoms with Crippen LogP contribution >= 0.6 is 15.9 Å². The summed E-state index contributed by atoms with van der Waals surface area (Å²) >= 11 is 3.35. The van der Waals surface area contributed by atoms with Crippen LogP contribution in [-0.2, 0) is 0 Å². The molecule has 0 aliphatic carbocycles. The average Bonchev–Trinajstić information content (AvgIpc) is 3.17. The number of carbonyl (C=O) groups excluding carboxylic acids is 2. The number of amides is 1. The lowest BCUT2D eigenvalue weighted by Crippen LogP contribution is -2.11. The molecule has 0 spiro atoms. The van der Waals surface area contributed by atoms with Crippen molar-refractivity contribution in [3.8, 4) is 0 Å². The van der Waals surface area contributed by atoms with E-state index in [-0.39, 0.29) is 11.7 Å². The average molecular weight is 446 g/mol. The number of aromatic amines is 1. The van der Waals surface area contributed by atoms with Gasteiger partial charge in [-0.15, -0.1) is 0 Å². The quantitative estimate of drug-likeness (QED) is 0.315. The number of aromatic nitrogens is 2. The van der Waals surface area contributed by atoms with E-state index in [9.17, 15) is 9.59 Å². The number of benzene rings is 3. The summed E-state index contributed by atoms with van der Waals surface area (Å²) in [6.07, 6.45) is 3.16. The Morgan fingerprint density at radius 3 is 2.55 bits per heavy atom. The molecule has 6 heteroatoms. The summed E-state index contributed by atoms with van der Waals surface area (Å²) in [4.78, 5) is 32.1. The highest BCUT2D eigenvalue weighted by atomic mass is 79.9. The van der Waals surface area contributed by atoms with Gasteiger partial charge in [0, 0.05) is 15.7 Å². The highest BCUT2D eigenvalue weighted by molar-refractivity contribution is 9.10. The molecule has 0 saturated heterocycles. The molecule has 0 atom stereocenters. The molecular weight excluding hydrogens is 430 g/mol. The van der Waals surface area contributed by atoms with Crippen LogP contribution in [0.25, 0.3) is 17.1 Å². The first-order valence-electron chi connectivity index (χ1n) is 8.93. The molecule has 0 aliphatic heterocycles. The Morgan fingerprint density at radius 1 is 0.966 bits per heavy atom. The molecule has 0 saturated carbocycles. The van der Waals surface area contributed by atoms with Crippen molar-refractivity contribution < 1.29 is 9.59 Å². The van der Waals surface area contributed by atoms with Crippen LogP contribution < -0.4 is 5.32 Å². The topological polar surface area (TPSA) is 74.8 Å². The summed E-state index contributed by atoms with van der Waals surface area (Å²) in [5.74, 6) is -0.121. The van der Waals surface area contributed by atoms with Crippen molar-refractivity contribution in [3.05, 3.63) is 100 Å². The van der Waals surface area contributed by atoms with E-state index in [1.807, 2.05) is 48.5 Å². The second-order valence-electron chi connectivity index (χ2n) is 6.39. The molecule has 142 valence electrons. The number of hydrogen-bond donors (Lipinski definition) is 2. The van der Waals surface area contributed by atoms with Crippen LogP contribution in [0, 0.1) is 0 Å². The van der Waals surface area contributed by atoms with Crippen molar-refractivity contribution in [3.63, 3.8) is 0 Å². The van der Waals surface area contributed by atoms with Crippen LogP contribution in [-0.4, -0.2) is 21.7 Å². The smallest absolute Gasteiger partial charge is 0.255 e. The fourth-order valence-electron chi connectivity index (χ4n) is 2.84. The van der Waals surface area contributed by atoms with Gasteiger partial charge in [-0.3, -0.25) is 9.59 Å². The number of allylic oxidation sites excluding steroid dienone is 1. The maximum absolute atomic E-state index is 12.4. The van der Waals surface area contributed by atoms with Gasteiger partial charge in [0.15, 0.2) is 5.82 Å². The first-order chi connectivity index (χ1) is 14.1. The molecule has 0 aliphatic rings. The zero-order chi connectivity index (χ0) is 20.2. The van der Waals surface area contributed by atoms with Gasteiger partial charge in [0.05, 0.1) is 11.0 Å². The van der Waals surface area contributed by atoms with Crippen LogP contribution in [0.3, 0.4) is 0 Å². The Bertz CT molecular complexity index is 1190. The standard InChI is InChI=1S/C23H16BrN3O2/c24-17-11-9-16(10-12-17)23(29)25-18-5-3-4-15(14-18)8-13-21(28)22-26-19-6-1-2-7-20(19)27-22/h1-14H,(H,25,29)(H,26,27)/b13-8+. The Kier molecular flexibility index (Phi) is 5.35. The highest BCUT2D eigenvalue weighted by Crippen LogP contribution is 2.16. The van der Waals surface area contributed by atoms with E-state index < -0.39 is 0 Å². The monoisotopic (exact) mass is 445 g/mol. The Labute approximate surface area is 175 Å². The van der Waals surface area contributed by atoms with Crippen LogP contribution in [0.1, 0.15) is 26.5 Å². The Morgan fingerprint density at radius 2 is 1.76 bits per heavy atom. The number of fused-ring (bicyclic) bond motifs is 1. The molecule has 4 aromatic rings. The normalized spacial score (nSPS) is 11.1. The second-order valence-corrected chi connectivity index (χ2v) is 7.30. The fourth-order valence-corrected chi connectivity index (χ4v) is 3.11. The van der Waals surface area contributed by atoms with Crippen molar-refractivity contribution in [2.24, 2.45) is 0 Å². The lowest BCUT2D eigenvalue weighted by atomic mass is 10.1. The number of carbonyl (C=O) groups is 2. The van der Waals surface area contributed by atoms with Crippen LogP contribution in [0.5, 0.6) is 0 Å². The zero-order valence-electron chi connectivity index (χ0n) is 15.2. The summed E-state index contributed by atoms with van der Waals surface area (Å²) in [5.41, 5.74) is 3.58. The van der Waals surface area contributed by atoms with E-state index in [0.717, 1.165) is 21.1 Å². The predicted molar refractivity (Wildman–Crippen MR) is 118 cm³/mol. The van der Waals surface area contributed by atoms with E-state index in [4.69, 9.17) is 0 Å². The molecule has 0 fully saturated rings. The maximum Gasteiger partial charge on any atom is 0.255 e. The van der Waals surface area contributed by atoms with Crippen molar-refractivity contribution in [2.75, 3.05) is 5.32 Å². The number of nitrogens with one attached hydrogen (secondary N) is 2. The maximum atomic E-state index is 12.4. The molecular formula is C23H16BrN3O2. The third-order valence-corrected chi connectivity index (χ3v) is 4.83. The third-order valence-electron chi connectivity index (χ3n) is 4.30. The number of rotatable bonds is 5. The minimum Gasteiger partial charge on any atom is -0.335 e. The van der Waals surface area contributed by atoms with Crippen molar-refractivity contribution >= 4 is 50.4 Å². The van der Waals surface area contributed by atoms with E-state index in [2.05, 4.69) is 31.2 Å². The first kappa shape index (κ1) is 18.8. The third kappa shape index (κ3) is 4.50. The van der Waals surface area contributed by atoms with Gasteiger partial charge in [-0.1, -0.05) is 46.3 Å². The number of imidazole rings is 1. The van der Waals surface area contributed by atoms with Gasteiger partial charge in [0.1, 0.15) is 0 Å². The molecule has 1 amide bonds. The summed E-state index contributed by atoms with van der Waals surface area (Å²) < 4.78 is 0.912. The van der Waals surface area contributed by atoms with Gasteiger partial charge in [-0.2, -0.15) is 0 Å². The minimum atomic E-state index is -0.217. The van der Waals surface area contributed by atoms with Crippen LogP contribution in [0.15, 0.2) is 83.3 Å². The zero-order valence-corrected chi connectivity index (χ0v) is 16.8. The number of H-pyrrole nitrogens is 1. The van der Waals surface area contributed by atoms with Gasteiger partial charge in [-0.05, 0) is 60.2 Å². The molecule has 29 heavy (non-hydrogen) atoms.